The summed E-state index contributed by atoms with van der Waals surface area (Å²) in [5, 5.41) is 35.9. The molecular weight excluding hydrogens is 554 g/mol. The fourth-order valence-electron chi connectivity index (χ4n) is 3.64. The number of carbonyl (C=O) groups is 4. The van der Waals surface area contributed by atoms with E-state index in [1.807, 2.05) is 0 Å². The Labute approximate surface area is 229 Å². The number of thioether (sulfide) groups is 1. The van der Waals surface area contributed by atoms with Crippen molar-refractivity contribution < 1.29 is 43.9 Å². The summed E-state index contributed by atoms with van der Waals surface area (Å²) in [6, 6.07) is 2.25. The Morgan fingerprint density at radius 1 is 1.36 bits per heavy atom. The lowest BCUT2D eigenvalue weighted by Gasteiger charge is -2.50. The van der Waals surface area contributed by atoms with E-state index in [1.54, 1.807) is 29.1 Å². The lowest BCUT2D eigenvalue weighted by Crippen LogP contribution is -2.71. The number of nitrogens with one attached hydrogen (secondary N) is 1. The molecule has 2 aromatic heterocycles. The fourth-order valence-corrected chi connectivity index (χ4v) is 5.41. The van der Waals surface area contributed by atoms with Crippen LogP contribution < -0.4 is 20.7 Å². The molecule has 4 heterocycles. The summed E-state index contributed by atoms with van der Waals surface area (Å²) < 4.78 is 5.61. The van der Waals surface area contributed by atoms with Gasteiger partial charge in [-0.15, -0.1) is 11.8 Å². The van der Waals surface area contributed by atoms with Crippen molar-refractivity contribution in [1.29, 1.82) is 0 Å². The number of carbonyl (C=O) groups excluding carboxylic acids is 3. The van der Waals surface area contributed by atoms with Crippen LogP contribution in [-0.2, 0) is 37.2 Å². The average Bonchev–Trinajstić information content (AvgIpc) is 3.32. The first-order valence-electron chi connectivity index (χ1n) is 11.3. The third-order valence-corrected chi connectivity index (χ3v) is 7.67. The third kappa shape index (κ3) is 5.69. The van der Waals surface area contributed by atoms with E-state index in [0.717, 1.165) is 16.4 Å². The number of anilines is 1. The van der Waals surface area contributed by atoms with Gasteiger partial charge in [0.05, 0.1) is 18.3 Å². The lowest BCUT2D eigenvalue weighted by molar-refractivity contribution is -0.689. The zero-order valence-corrected chi connectivity index (χ0v) is 22.2. The van der Waals surface area contributed by atoms with Gasteiger partial charge in [-0.3, -0.25) is 14.5 Å². The van der Waals surface area contributed by atoms with Crippen LogP contribution in [0.25, 0.3) is 0 Å². The second kappa shape index (κ2) is 11.0. The minimum absolute atomic E-state index is 0.0110. The van der Waals surface area contributed by atoms with Gasteiger partial charge in [0.2, 0.25) is 17.1 Å². The van der Waals surface area contributed by atoms with Gasteiger partial charge in [-0.25, -0.2) is 9.36 Å². The van der Waals surface area contributed by atoms with E-state index in [0.29, 0.717) is 11.1 Å². The molecule has 1 saturated heterocycles. The maximum absolute atomic E-state index is 13.1. The first-order chi connectivity index (χ1) is 18.4. The smallest absolute Gasteiger partial charge is 0.350 e. The molecule has 17 heteroatoms. The highest BCUT2D eigenvalue weighted by molar-refractivity contribution is 8.00. The van der Waals surface area contributed by atoms with Gasteiger partial charge >= 0.3 is 5.97 Å². The van der Waals surface area contributed by atoms with Gasteiger partial charge in [0.25, 0.3) is 11.8 Å². The number of hydrogen-bond acceptors (Lipinski definition) is 13. The number of nitrogen functional groups attached to an aromatic ring is 1. The second-order valence-electron chi connectivity index (χ2n) is 8.94. The zero-order valence-electron chi connectivity index (χ0n) is 20.6. The van der Waals surface area contributed by atoms with Crippen LogP contribution in [0, 0.1) is 0 Å². The van der Waals surface area contributed by atoms with Crippen LogP contribution in [0.2, 0.25) is 0 Å². The quantitative estimate of drug-likeness (QED) is 0.100. The summed E-state index contributed by atoms with van der Waals surface area (Å²) in [5.41, 5.74) is 4.14. The van der Waals surface area contributed by atoms with Crippen molar-refractivity contribution in [2.45, 2.75) is 44.0 Å². The number of carboxylic acids is 2. The number of nitrogens with zero attached hydrogens (tertiary/aromatic N) is 5. The van der Waals surface area contributed by atoms with Gasteiger partial charge in [0, 0.05) is 35.0 Å². The second-order valence-corrected chi connectivity index (χ2v) is 10.8. The molecule has 4 rings (SSSR count). The van der Waals surface area contributed by atoms with Crippen LogP contribution >= 0.6 is 23.3 Å². The number of hydrogen-bond donors (Lipinski definition) is 4. The maximum atomic E-state index is 13.1. The van der Waals surface area contributed by atoms with Gasteiger partial charge in [-0.05, 0) is 19.4 Å². The minimum Gasteiger partial charge on any atom is -0.543 e. The predicted octanol–water partition coefficient (Wildman–Crippen LogP) is -2.41. The van der Waals surface area contributed by atoms with Crippen LogP contribution in [-0.4, -0.2) is 76.7 Å². The van der Waals surface area contributed by atoms with Crippen molar-refractivity contribution in [3.63, 3.8) is 0 Å². The molecule has 2 aromatic rings. The number of aliphatic hydroxyl groups is 1. The van der Waals surface area contributed by atoms with Crippen molar-refractivity contribution in [2.24, 2.45) is 5.16 Å². The normalized spacial score (nSPS) is 19.3. The molecule has 5 N–H and O–H groups in total. The number of rotatable bonds is 10. The average molecular weight is 578 g/mol. The number of aliphatic hydroxyl groups excluding tert-OH is 1. The zero-order chi connectivity index (χ0) is 28.5. The van der Waals surface area contributed by atoms with Gasteiger partial charge in [-0.1, -0.05) is 5.16 Å². The van der Waals surface area contributed by atoms with Crippen LogP contribution in [0.5, 0.6) is 0 Å². The Morgan fingerprint density at radius 2 is 2.05 bits per heavy atom. The topological polar surface area (TPSA) is 224 Å². The summed E-state index contributed by atoms with van der Waals surface area (Å²) >= 11 is 2.01. The Balaban J connectivity index is 1.54. The molecule has 0 spiro atoms. The molecule has 2 atom stereocenters. The van der Waals surface area contributed by atoms with Crippen molar-refractivity contribution in [1.82, 2.24) is 19.6 Å². The van der Waals surface area contributed by atoms with Crippen LogP contribution in [0.15, 0.2) is 41.0 Å². The molecule has 0 unspecified atom stereocenters. The fraction of sp³-hybridized carbons (Fsp3) is 0.364. The summed E-state index contributed by atoms with van der Waals surface area (Å²) in [5.74, 6) is -4.51. The molecule has 0 aliphatic carbocycles. The highest BCUT2D eigenvalue weighted by atomic mass is 32.2. The summed E-state index contributed by atoms with van der Waals surface area (Å²) in [6.45, 7) is 2.46. The molecule has 206 valence electrons. The number of nitrogens with two attached hydrogens (primary N) is 1. The van der Waals surface area contributed by atoms with Gasteiger partial charge in [0.15, 0.2) is 24.1 Å². The molecule has 1 fully saturated rings. The first-order valence-corrected chi connectivity index (χ1v) is 13.1. The Morgan fingerprint density at radius 3 is 2.62 bits per heavy atom. The standard InChI is InChI=1S/C22H23N7O8S2/c1-22(2,20(35)36)37-26-12(15-25-21(23)39-27-15)16(31)24-13-17(32)29-14(19(33)34)11(9-38-18(13)29)7-28-5-3-10(8-30)4-6-28/h3-6,13,18,30H,7-9H2,1-2H3,(H4-,23,24,25,27,31,33,34,35,36)/b26-12-/t13-,18-/m1/s1. The number of oxime groups is 1. The molecule has 0 bridgehead atoms. The van der Waals surface area contributed by atoms with Gasteiger partial charge in [0.1, 0.15) is 11.4 Å². The number of carboxylic acid groups (broad SMARTS) is 2. The molecule has 2 aliphatic rings. The number of amides is 2. The van der Waals surface area contributed by atoms with E-state index in [1.165, 1.54) is 25.6 Å². The molecule has 2 aliphatic heterocycles. The predicted molar refractivity (Wildman–Crippen MR) is 133 cm³/mol. The Hall–Kier alpha value is -4.09. The number of pyridine rings is 1. The SMILES string of the molecule is CC(C)(O/N=C(\C(=O)N[C@@H]1C(=O)N2C(C(=O)[O-])=C(C[n+]3ccc(CO)cc3)CS[C@H]12)c1nsc(N)n1)C(=O)O. The Bertz CT molecular complexity index is 1390. The van der Waals surface area contributed by atoms with Crippen LogP contribution in [0.3, 0.4) is 0 Å². The van der Waals surface area contributed by atoms with Crippen LogP contribution in [0.1, 0.15) is 25.2 Å². The number of fused-ring (bicyclic) bond motifs is 1. The monoisotopic (exact) mass is 577 g/mol. The highest BCUT2D eigenvalue weighted by Gasteiger charge is 2.53. The van der Waals surface area contributed by atoms with Gasteiger partial charge < -0.3 is 36.0 Å². The summed E-state index contributed by atoms with van der Waals surface area (Å²) in [7, 11) is 0. The lowest BCUT2D eigenvalue weighted by atomic mass is 10.0. The maximum Gasteiger partial charge on any atom is 0.350 e. The van der Waals surface area contributed by atoms with Crippen molar-refractivity contribution in [3.8, 4) is 0 Å². The number of aliphatic carboxylic acids is 2. The molecule has 39 heavy (non-hydrogen) atoms. The van der Waals surface area contributed by atoms with E-state index in [9.17, 15) is 34.5 Å². The van der Waals surface area contributed by atoms with E-state index in [4.69, 9.17) is 10.6 Å². The highest BCUT2D eigenvalue weighted by Crippen LogP contribution is 2.40. The van der Waals surface area contributed by atoms with Crippen LogP contribution in [0.4, 0.5) is 5.13 Å². The van der Waals surface area contributed by atoms with Crippen molar-refractivity contribution in [3.05, 3.63) is 47.2 Å². The Kier molecular flexibility index (Phi) is 7.84. The molecule has 0 saturated carbocycles. The third-order valence-electron chi connectivity index (χ3n) is 5.79. The number of β-lactam (4-membered cyclic amide) rings is 1. The number of aromatic nitrogens is 3. The van der Waals surface area contributed by atoms with E-state index < -0.39 is 46.5 Å². The molecule has 2 amide bonds. The van der Waals surface area contributed by atoms with Crippen molar-refractivity contribution >= 4 is 57.9 Å². The molecule has 0 aromatic carbocycles. The van der Waals surface area contributed by atoms with Crippen molar-refractivity contribution in [2.75, 3.05) is 11.5 Å². The molecule has 0 radical (unpaired) electrons. The van der Waals surface area contributed by atoms with Gasteiger partial charge in [-0.2, -0.15) is 9.36 Å². The van der Waals surface area contributed by atoms with E-state index in [2.05, 4.69) is 19.8 Å². The molecular formula is C22H23N7O8S2. The largest absolute Gasteiger partial charge is 0.543 e. The summed E-state index contributed by atoms with van der Waals surface area (Å²) in [4.78, 5) is 59.5. The molecule has 15 nitrogen and oxygen atoms in total. The summed E-state index contributed by atoms with van der Waals surface area (Å²) in [6.07, 6.45) is 3.36. The first kappa shape index (κ1) is 27.9. The van der Waals surface area contributed by atoms with E-state index in [-0.39, 0.29) is 35.6 Å². The van der Waals surface area contributed by atoms with E-state index >= 15 is 0 Å². The minimum atomic E-state index is -1.80.